The van der Waals surface area contributed by atoms with E-state index in [9.17, 15) is 0 Å². The van der Waals surface area contributed by atoms with Crippen LogP contribution in [0.15, 0.2) is 6.07 Å². The van der Waals surface area contributed by atoms with E-state index in [4.69, 9.17) is 4.98 Å². The Morgan fingerprint density at radius 2 is 1.76 bits per heavy atom. The Morgan fingerprint density at radius 1 is 1.14 bits per heavy atom. The Labute approximate surface area is 130 Å². The normalized spacial score (nSPS) is 12.1. The molecule has 1 aromatic heterocycles. The molecule has 0 saturated heterocycles. The molecular weight excluding hydrogens is 260 g/mol. The maximum absolute atomic E-state index is 4.84. The average Bonchev–Trinajstić information content (AvgIpc) is 2.34. The molecule has 0 aliphatic rings. The van der Waals surface area contributed by atoms with E-state index in [1.165, 1.54) is 0 Å². The highest BCUT2D eigenvalue weighted by atomic mass is 15.2. The number of hydrogen-bond acceptors (Lipinski definition) is 4. The van der Waals surface area contributed by atoms with Crippen LogP contribution in [-0.4, -0.2) is 29.1 Å². The largest absolute Gasteiger partial charge is 0.370 e. The van der Waals surface area contributed by atoms with Crippen LogP contribution in [0.2, 0.25) is 0 Å². The predicted molar refractivity (Wildman–Crippen MR) is 92.2 cm³/mol. The molecule has 0 bridgehead atoms. The van der Waals surface area contributed by atoms with E-state index >= 15 is 0 Å². The first-order valence-electron chi connectivity index (χ1n) is 8.05. The fourth-order valence-corrected chi connectivity index (χ4v) is 2.15. The molecule has 0 spiro atoms. The van der Waals surface area contributed by atoms with E-state index < -0.39 is 0 Å². The molecule has 21 heavy (non-hydrogen) atoms. The van der Waals surface area contributed by atoms with Gasteiger partial charge in [-0.2, -0.15) is 0 Å². The van der Waals surface area contributed by atoms with E-state index in [2.05, 4.69) is 76.7 Å². The summed E-state index contributed by atoms with van der Waals surface area (Å²) in [6.45, 7) is 19.3. The van der Waals surface area contributed by atoms with Gasteiger partial charge in [0.15, 0.2) is 0 Å². The van der Waals surface area contributed by atoms with Crippen molar-refractivity contribution in [2.45, 2.75) is 66.8 Å². The first-order valence-corrected chi connectivity index (χ1v) is 8.05. The van der Waals surface area contributed by atoms with Crippen molar-refractivity contribution in [2.24, 2.45) is 5.92 Å². The van der Waals surface area contributed by atoms with Crippen LogP contribution in [0.4, 0.5) is 11.6 Å². The third kappa shape index (κ3) is 5.18. The van der Waals surface area contributed by atoms with Crippen LogP contribution in [0.3, 0.4) is 0 Å². The average molecular weight is 292 g/mol. The summed E-state index contributed by atoms with van der Waals surface area (Å²) in [5.74, 6) is 3.43. The fourth-order valence-electron chi connectivity index (χ4n) is 2.15. The van der Waals surface area contributed by atoms with E-state index in [0.717, 1.165) is 30.5 Å². The molecule has 0 aliphatic heterocycles. The minimum atomic E-state index is -0.0549. The van der Waals surface area contributed by atoms with Gasteiger partial charge in [0.1, 0.15) is 17.5 Å². The van der Waals surface area contributed by atoms with Crippen LogP contribution in [0.25, 0.3) is 0 Å². The maximum atomic E-state index is 4.84. The molecule has 4 nitrogen and oxygen atoms in total. The molecule has 0 saturated carbocycles. The quantitative estimate of drug-likeness (QED) is 0.858. The number of nitrogens with zero attached hydrogens (tertiary/aromatic N) is 3. The van der Waals surface area contributed by atoms with Crippen LogP contribution in [0.1, 0.15) is 61.2 Å². The third-order valence-corrected chi connectivity index (χ3v) is 3.22. The number of hydrogen-bond donors (Lipinski definition) is 1. The summed E-state index contributed by atoms with van der Waals surface area (Å²) in [5, 5.41) is 3.33. The summed E-state index contributed by atoms with van der Waals surface area (Å²) in [7, 11) is 0. The van der Waals surface area contributed by atoms with Crippen LogP contribution >= 0.6 is 0 Å². The van der Waals surface area contributed by atoms with Crippen molar-refractivity contribution in [1.29, 1.82) is 0 Å². The second-order valence-electron chi connectivity index (χ2n) is 7.36. The van der Waals surface area contributed by atoms with Crippen molar-refractivity contribution in [2.75, 3.05) is 23.3 Å². The molecule has 1 rings (SSSR count). The Kier molecular flexibility index (Phi) is 5.99. The number of aromatic nitrogens is 2. The van der Waals surface area contributed by atoms with Gasteiger partial charge in [-0.3, -0.25) is 0 Å². The minimum Gasteiger partial charge on any atom is -0.370 e. The molecular formula is C17H32N4. The first kappa shape index (κ1) is 17.7. The lowest BCUT2D eigenvalue weighted by Crippen LogP contribution is -2.35. The van der Waals surface area contributed by atoms with Crippen molar-refractivity contribution in [3.05, 3.63) is 11.9 Å². The molecule has 1 aromatic rings. The predicted octanol–water partition coefficient (Wildman–Crippen LogP) is 4.08. The summed E-state index contributed by atoms with van der Waals surface area (Å²) in [6.07, 6.45) is 0. The summed E-state index contributed by atoms with van der Waals surface area (Å²) >= 11 is 0. The van der Waals surface area contributed by atoms with E-state index in [0.29, 0.717) is 12.0 Å². The van der Waals surface area contributed by atoms with Gasteiger partial charge in [0.2, 0.25) is 0 Å². The van der Waals surface area contributed by atoms with Crippen molar-refractivity contribution in [3.8, 4) is 0 Å². The molecule has 0 amide bonds. The van der Waals surface area contributed by atoms with E-state index in [1.54, 1.807) is 0 Å². The van der Waals surface area contributed by atoms with Gasteiger partial charge in [0.25, 0.3) is 0 Å². The first-order chi connectivity index (χ1) is 9.65. The van der Waals surface area contributed by atoms with E-state index in [1.807, 2.05) is 0 Å². The molecule has 0 aromatic carbocycles. The number of anilines is 2. The van der Waals surface area contributed by atoms with Crippen molar-refractivity contribution >= 4 is 11.6 Å². The van der Waals surface area contributed by atoms with Gasteiger partial charge in [-0.1, -0.05) is 34.6 Å². The van der Waals surface area contributed by atoms with Gasteiger partial charge in [0.05, 0.1) is 0 Å². The van der Waals surface area contributed by atoms with Gasteiger partial charge in [-0.05, 0) is 26.7 Å². The molecule has 0 atom stereocenters. The van der Waals surface area contributed by atoms with E-state index in [-0.39, 0.29) is 5.41 Å². The molecule has 0 aliphatic carbocycles. The molecule has 1 N–H and O–H groups in total. The zero-order valence-corrected chi connectivity index (χ0v) is 15.0. The zero-order chi connectivity index (χ0) is 16.2. The highest BCUT2D eigenvalue weighted by molar-refractivity contribution is 5.50. The summed E-state index contributed by atoms with van der Waals surface area (Å²) in [5.41, 5.74) is -0.0549. The fraction of sp³-hybridized carbons (Fsp3) is 0.765. The van der Waals surface area contributed by atoms with Crippen LogP contribution in [0, 0.1) is 5.92 Å². The Bertz CT molecular complexity index is 447. The highest BCUT2D eigenvalue weighted by Gasteiger charge is 2.22. The SMILES string of the molecule is CCNc1cc(N(CC(C)C)C(C)C)nc(C(C)(C)C)n1. The lowest BCUT2D eigenvalue weighted by Gasteiger charge is -2.31. The topological polar surface area (TPSA) is 41.0 Å². The van der Waals surface area contributed by atoms with Crippen molar-refractivity contribution < 1.29 is 0 Å². The third-order valence-electron chi connectivity index (χ3n) is 3.22. The van der Waals surface area contributed by atoms with Gasteiger partial charge in [-0.25, -0.2) is 9.97 Å². The lowest BCUT2D eigenvalue weighted by atomic mass is 9.95. The molecule has 120 valence electrons. The van der Waals surface area contributed by atoms with Crippen LogP contribution in [-0.2, 0) is 5.41 Å². The molecule has 1 heterocycles. The van der Waals surface area contributed by atoms with Crippen molar-refractivity contribution in [3.63, 3.8) is 0 Å². The number of rotatable bonds is 6. The summed E-state index contributed by atoms with van der Waals surface area (Å²) < 4.78 is 0. The monoisotopic (exact) mass is 292 g/mol. The highest BCUT2D eigenvalue weighted by Crippen LogP contribution is 2.25. The molecule has 0 fully saturated rings. The lowest BCUT2D eigenvalue weighted by molar-refractivity contribution is 0.533. The van der Waals surface area contributed by atoms with Gasteiger partial charge < -0.3 is 10.2 Å². The van der Waals surface area contributed by atoms with Crippen molar-refractivity contribution in [1.82, 2.24) is 9.97 Å². The smallest absolute Gasteiger partial charge is 0.138 e. The van der Waals surface area contributed by atoms with Gasteiger partial charge in [-0.15, -0.1) is 0 Å². The summed E-state index contributed by atoms with van der Waals surface area (Å²) in [6, 6.07) is 2.49. The molecule has 0 unspecified atom stereocenters. The van der Waals surface area contributed by atoms with Gasteiger partial charge in [0, 0.05) is 30.6 Å². The molecule has 0 radical (unpaired) electrons. The second kappa shape index (κ2) is 7.10. The van der Waals surface area contributed by atoms with Crippen LogP contribution in [0.5, 0.6) is 0 Å². The molecule has 4 heteroatoms. The Morgan fingerprint density at radius 3 is 2.19 bits per heavy atom. The Balaban J connectivity index is 3.28. The standard InChI is InChI=1S/C17H32N4/c1-9-18-14-10-15(20-16(19-14)17(6,7)8)21(13(4)5)11-12(2)3/h10,12-13H,9,11H2,1-8H3,(H,18,19,20). The zero-order valence-electron chi connectivity index (χ0n) is 15.0. The van der Waals surface area contributed by atoms with Crippen LogP contribution < -0.4 is 10.2 Å². The maximum Gasteiger partial charge on any atom is 0.138 e. The summed E-state index contributed by atoms with van der Waals surface area (Å²) in [4.78, 5) is 11.9. The van der Waals surface area contributed by atoms with Gasteiger partial charge >= 0.3 is 0 Å². The number of nitrogens with one attached hydrogen (secondary N) is 1. The second-order valence-corrected chi connectivity index (χ2v) is 7.36. The minimum absolute atomic E-state index is 0.0549. The Hall–Kier alpha value is -1.32.